The third-order valence-electron chi connectivity index (χ3n) is 2.52. The number of nitrogens with zero attached hydrogens (tertiary/aromatic N) is 3. The lowest BCUT2D eigenvalue weighted by Gasteiger charge is -2.18. The molecule has 0 aliphatic rings. The fraction of sp³-hybridized carbons (Fsp3) is 0.462. The molecule has 0 aliphatic carbocycles. The van der Waals surface area contributed by atoms with Crippen molar-refractivity contribution in [1.29, 1.82) is 0 Å². The van der Waals surface area contributed by atoms with Crippen LogP contribution in [-0.4, -0.2) is 43.2 Å². The Labute approximate surface area is 113 Å². The second-order valence-electron chi connectivity index (χ2n) is 4.08. The summed E-state index contributed by atoms with van der Waals surface area (Å²) in [6.07, 6.45) is 2.09. The summed E-state index contributed by atoms with van der Waals surface area (Å²) in [4.78, 5) is 21.6. The van der Waals surface area contributed by atoms with Crippen molar-refractivity contribution in [1.82, 2.24) is 9.97 Å². The highest BCUT2D eigenvalue weighted by Gasteiger charge is 2.08. The molecule has 0 radical (unpaired) electrons. The van der Waals surface area contributed by atoms with Gasteiger partial charge < -0.3 is 15.0 Å². The van der Waals surface area contributed by atoms with Gasteiger partial charge in [-0.3, -0.25) is 4.79 Å². The van der Waals surface area contributed by atoms with E-state index >= 15 is 0 Å². The van der Waals surface area contributed by atoms with Crippen molar-refractivity contribution in [3.63, 3.8) is 0 Å². The van der Waals surface area contributed by atoms with E-state index in [0.29, 0.717) is 25.3 Å². The van der Waals surface area contributed by atoms with Crippen LogP contribution in [0.3, 0.4) is 0 Å². The number of ether oxygens (including phenoxy) is 1. The summed E-state index contributed by atoms with van der Waals surface area (Å²) in [5, 5.41) is 3.12. The van der Waals surface area contributed by atoms with E-state index in [9.17, 15) is 4.79 Å². The molecule has 6 nitrogen and oxygen atoms in total. The van der Waals surface area contributed by atoms with E-state index in [-0.39, 0.29) is 5.97 Å². The summed E-state index contributed by atoms with van der Waals surface area (Å²) in [5.41, 5.74) is 0. The van der Waals surface area contributed by atoms with Crippen LogP contribution in [0.4, 0.5) is 11.6 Å². The first-order chi connectivity index (χ1) is 9.06. The Balaban J connectivity index is 2.72. The third-order valence-corrected chi connectivity index (χ3v) is 2.52. The van der Waals surface area contributed by atoms with Gasteiger partial charge in [0.1, 0.15) is 17.5 Å². The first-order valence-corrected chi connectivity index (χ1v) is 6.05. The van der Waals surface area contributed by atoms with Crippen LogP contribution in [0.1, 0.15) is 12.2 Å². The lowest BCUT2D eigenvalue weighted by atomic mass is 10.3. The molecule has 1 rings (SSSR count). The van der Waals surface area contributed by atoms with Crippen molar-refractivity contribution in [2.45, 2.75) is 13.3 Å². The molecule has 104 valence electrons. The summed E-state index contributed by atoms with van der Waals surface area (Å²) in [6.45, 7) is 6.66. The Bertz CT molecular complexity index is 448. The van der Waals surface area contributed by atoms with Crippen molar-refractivity contribution < 1.29 is 9.53 Å². The van der Waals surface area contributed by atoms with E-state index in [1.807, 2.05) is 24.9 Å². The SMILES string of the molecule is C=CCNc1cc(N(C)CCC(=O)OC)nc(C)n1. The second-order valence-corrected chi connectivity index (χ2v) is 4.08. The van der Waals surface area contributed by atoms with Crippen LogP contribution >= 0.6 is 0 Å². The number of esters is 1. The van der Waals surface area contributed by atoms with Gasteiger partial charge in [0.25, 0.3) is 0 Å². The molecule has 1 aromatic heterocycles. The van der Waals surface area contributed by atoms with Gasteiger partial charge in [-0.1, -0.05) is 6.08 Å². The molecule has 0 unspecified atom stereocenters. The lowest BCUT2D eigenvalue weighted by molar-refractivity contribution is -0.140. The van der Waals surface area contributed by atoms with Gasteiger partial charge in [-0.05, 0) is 6.92 Å². The minimum atomic E-state index is -0.234. The van der Waals surface area contributed by atoms with Crippen molar-refractivity contribution in [3.05, 3.63) is 24.5 Å². The molecule has 19 heavy (non-hydrogen) atoms. The van der Waals surface area contributed by atoms with Gasteiger partial charge in [0, 0.05) is 26.2 Å². The molecule has 0 fully saturated rings. The van der Waals surface area contributed by atoms with E-state index < -0.39 is 0 Å². The minimum absolute atomic E-state index is 0.234. The summed E-state index contributed by atoms with van der Waals surface area (Å²) in [6, 6.07) is 1.84. The first-order valence-electron chi connectivity index (χ1n) is 6.05. The molecule has 0 spiro atoms. The molecular weight excluding hydrogens is 244 g/mol. The van der Waals surface area contributed by atoms with E-state index in [1.165, 1.54) is 7.11 Å². The van der Waals surface area contributed by atoms with E-state index in [0.717, 1.165) is 11.6 Å². The van der Waals surface area contributed by atoms with Gasteiger partial charge in [0.2, 0.25) is 0 Å². The number of rotatable bonds is 7. The smallest absolute Gasteiger partial charge is 0.307 e. The Morgan fingerprint density at radius 3 is 2.95 bits per heavy atom. The summed E-state index contributed by atoms with van der Waals surface area (Å²) >= 11 is 0. The standard InChI is InChI=1S/C13H20N4O2/c1-5-7-14-11-9-12(16-10(2)15-11)17(3)8-6-13(18)19-4/h5,9H,1,6-8H2,2-4H3,(H,14,15,16). The molecule has 0 saturated heterocycles. The van der Waals surface area contributed by atoms with E-state index in [4.69, 9.17) is 0 Å². The van der Waals surface area contributed by atoms with Gasteiger partial charge in [-0.25, -0.2) is 9.97 Å². The number of methoxy groups -OCH3 is 1. The molecule has 1 heterocycles. The van der Waals surface area contributed by atoms with E-state index in [1.54, 1.807) is 6.08 Å². The normalized spacial score (nSPS) is 9.84. The monoisotopic (exact) mass is 264 g/mol. The molecule has 0 atom stereocenters. The van der Waals surface area contributed by atoms with Crippen LogP contribution < -0.4 is 10.2 Å². The maximum atomic E-state index is 11.1. The van der Waals surface area contributed by atoms with Crippen molar-refractivity contribution in [2.75, 3.05) is 37.5 Å². The van der Waals surface area contributed by atoms with Gasteiger partial charge in [0.15, 0.2) is 0 Å². The van der Waals surface area contributed by atoms with Crippen molar-refractivity contribution in [2.24, 2.45) is 0 Å². The molecule has 0 bridgehead atoms. The second kappa shape index (κ2) is 7.35. The molecule has 0 amide bonds. The fourth-order valence-electron chi connectivity index (χ4n) is 1.49. The maximum absolute atomic E-state index is 11.1. The Morgan fingerprint density at radius 2 is 2.32 bits per heavy atom. The minimum Gasteiger partial charge on any atom is -0.469 e. The maximum Gasteiger partial charge on any atom is 0.307 e. The van der Waals surface area contributed by atoms with Crippen LogP contribution in [0.25, 0.3) is 0 Å². The Morgan fingerprint density at radius 1 is 1.58 bits per heavy atom. The van der Waals surface area contributed by atoms with Crippen molar-refractivity contribution in [3.8, 4) is 0 Å². The van der Waals surface area contributed by atoms with Crippen LogP contribution in [0.15, 0.2) is 18.7 Å². The molecule has 1 aromatic rings. The zero-order valence-corrected chi connectivity index (χ0v) is 11.6. The molecule has 0 aromatic carbocycles. The molecule has 6 heteroatoms. The van der Waals surface area contributed by atoms with Gasteiger partial charge in [-0.15, -0.1) is 6.58 Å². The highest BCUT2D eigenvalue weighted by molar-refractivity contribution is 5.70. The number of carbonyl (C=O) groups excluding carboxylic acids is 1. The Kier molecular flexibility index (Phi) is 5.78. The van der Waals surface area contributed by atoms with Gasteiger partial charge in [-0.2, -0.15) is 0 Å². The molecule has 1 N–H and O–H groups in total. The molecule has 0 saturated carbocycles. The number of carbonyl (C=O) groups is 1. The summed E-state index contributed by atoms with van der Waals surface area (Å²) < 4.78 is 4.62. The molecule has 0 aliphatic heterocycles. The largest absolute Gasteiger partial charge is 0.469 e. The fourth-order valence-corrected chi connectivity index (χ4v) is 1.49. The van der Waals surface area contributed by atoms with Gasteiger partial charge in [0.05, 0.1) is 13.5 Å². The first kappa shape index (κ1) is 14.9. The average Bonchev–Trinajstić information content (AvgIpc) is 2.41. The third kappa shape index (κ3) is 4.95. The number of aryl methyl sites for hydroxylation is 1. The Hall–Kier alpha value is -2.11. The van der Waals surface area contributed by atoms with Crippen LogP contribution in [0.5, 0.6) is 0 Å². The predicted octanol–water partition coefficient (Wildman–Crippen LogP) is 1.38. The zero-order chi connectivity index (χ0) is 14.3. The summed E-state index contributed by atoms with van der Waals surface area (Å²) in [5.74, 6) is 1.95. The number of anilines is 2. The lowest BCUT2D eigenvalue weighted by Crippen LogP contribution is -2.23. The van der Waals surface area contributed by atoms with Crippen LogP contribution in [-0.2, 0) is 9.53 Å². The number of hydrogen-bond acceptors (Lipinski definition) is 6. The molecular formula is C13H20N4O2. The van der Waals surface area contributed by atoms with Crippen molar-refractivity contribution >= 4 is 17.6 Å². The number of hydrogen-bond donors (Lipinski definition) is 1. The van der Waals surface area contributed by atoms with Crippen LogP contribution in [0.2, 0.25) is 0 Å². The summed E-state index contributed by atoms with van der Waals surface area (Å²) in [7, 11) is 3.26. The average molecular weight is 264 g/mol. The highest BCUT2D eigenvalue weighted by Crippen LogP contribution is 2.14. The number of nitrogens with one attached hydrogen (secondary N) is 1. The number of aromatic nitrogens is 2. The highest BCUT2D eigenvalue weighted by atomic mass is 16.5. The predicted molar refractivity (Wildman–Crippen MR) is 75.4 cm³/mol. The topological polar surface area (TPSA) is 67.4 Å². The van der Waals surface area contributed by atoms with E-state index in [2.05, 4.69) is 26.6 Å². The van der Waals surface area contributed by atoms with Gasteiger partial charge >= 0.3 is 5.97 Å². The van der Waals surface area contributed by atoms with Crippen LogP contribution in [0, 0.1) is 6.92 Å². The zero-order valence-electron chi connectivity index (χ0n) is 11.6. The quantitative estimate of drug-likeness (QED) is 0.593.